The van der Waals surface area contributed by atoms with Crippen molar-refractivity contribution >= 4 is 15.1 Å². The summed E-state index contributed by atoms with van der Waals surface area (Å²) < 4.78 is 21.6. The van der Waals surface area contributed by atoms with E-state index in [9.17, 15) is 4.79 Å². The molecule has 0 aromatic carbocycles. The number of hydrogen-bond acceptors (Lipinski definition) is 5. The van der Waals surface area contributed by atoms with Gasteiger partial charge in [-0.1, -0.05) is 0 Å². The van der Waals surface area contributed by atoms with Gasteiger partial charge in [-0.2, -0.15) is 0 Å². The van der Waals surface area contributed by atoms with Crippen LogP contribution in [0.25, 0.3) is 0 Å². The van der Waals surface area contributed by atoms with Crippen LogP contribution in [0.15, 0.2) is 0 Å². The van der Waals surface area contributed by atoms with Gasteiger partial charge in [0.25, 0.3) is 0 Å². The fraction of sp³-hybridized carbons (Fsp3) is 0.909. The molecular weight excluding hydrogens is 254 g/mol. The van der Waals surface area contributed by atoms with Gasteiger partial charge in [0.05, 0.1) is 0 Å². The molecule has 0 rings (SSSR count). The van der Waals surface area contributed by atoms with Crippen molar-refractivity contribution in [3.8, 4) is 0 Å². The van der Waals surface area contributed by atoms with E-state index in [-0.39, 0.29) is 0 Å². The summed E-state index contributed by atoms with van der Waals surface area (Å²) in [5.41, 5.74) is -0.575. The lowest BCUT2D eigenvalue weighted by Gasteiger charge is -2.29. The Morgan fingerprint density at radius 3 is 1.67 bits per heavy atom. The van der Waals surface area contributed by atoms with E-state index < -0.39 is 20.7 Å². The van der Waals surface area contributed by atoms with Gasteiger partial charge < -0.3 is 18.0 Å². The predicted molar refractivity (Wildman–Crippen MR) is 70.0 cm³/mol. The van der Waals surface area contributed by atoms with Crippen LogP contribution in [0, 0.1) is 0 Å². The molecule has 0 spiro atoms. The van der Waals surface area contributed by atoms with Crippen LogP contribution >= 0.6 is 0 Å². The first-order valence-corrected chi connectivity index (χ1v) is 7.94. The van der Waals surface area contributed by atoms with Crippen LogP contribution in [0.1, 0.15) is 41.5 Å². The standard InChI is InChI=1S/C11H25NO5Si/c1-7-14-18(15-8-2,16-9-3)12-10(13)17-11(4,5)6/h7-9H2,1-6H3,(H,12,13). The predicted octanol–water partition coefficient (Wildman–Crippen LogP) is 2.06. The fourth-order valence-corrected chi connectivity index (χ4v) is 3.14. The molecule has 6 nitrogen and oxygen atoms in total. The van der Waals surface area contributed by atoms with Crippen molar-refractivity contribution in [3.63, 3.8) is 0 Å². The molecule has 0 aliphatic rings. The molecule has 0 aromatic heterocycles. The summed E-state index contributed by atoms with van der Waals surface area (Å²) in [5, 5.41) is 0. The molecule has 0 bridgehead atoms. The minimum absolute atomic E-state index is 0.391. The van der Waals surface area contributed by atoms with Gasteiger partial charge in [-0.05, 0) is 41.5 Å². The maximum absolute atomic E-state index is 11.8. The second kappa shape index (κ2) is 7.73. The van der Waals surface area contributed by atoms with Crippen molar-refractivity contribution in [2.24, 2.45) is 0 Å². The minimum atomic E-state index is -3.18. The molecule has 7 heteroatoms. The van der Waals surface area contributed by atoms with Crippen molar-refractivity contribution in [1.82, 2.24) is 4.98 Å². The molecule has 0 aromatic rings. The highest BCUT2D eigenvalue weighted by molar-refractivity contribution is 6.60. The summed E-state index contributed by atoms with van der Waals surface area (Å²) in [6.45, 7) is 12.0. The van der Waals surface area contributed by atoms with Crippen LogP contribution in [0.2, 0.25) is 0 Å². The van der Waals surface area contributed by atoms with E-state index in [2.05, 4.69) is 4.98 Å². The number of carbonyl (C=O) groups is 1. The Kier molecular flexibility index (Phi) is 7.45. The smallest absolute Gasteiger partial charge is 0.444 e. The molecule has 18 heavy (non-hydrogen) atoms. The lowest BCUT2D eigenvalue weighted by molar-refractivity contribution is 0.0334. The second-order valence-electron chi connectivity index (χ2n) is 4.48. The topological polar surface area (TPSA) is 66.0 Å². The van der Waals surface area contributed by atoms with Gasteiger partial charge in [0.15, 0.2) is 0 Å². The second-order valence-corrected chi connectivity index (χ2v) is 6.71. The van der Waals surface area contributed by atoms with E-state index in [0.29, 0.717) is 19.8 Å². The molecule has 0 aliphatic heterocycles. The number of nitrogens with one attached hydrogen (secondary N) is 1. The van der Waals surface area contributed by atoms with Crippen molar-refractivity contribution < 1.29 is 22.8 Å². The lowest BCUT2D eigenvalue weighted by Crippen LogP contribution is -2.61. The van der Waals surface area contributed by atoms with Crippen LogP contribution in [-0.4, -0.2) is 40.5 Å². The van der Waals surface area contributed by atoms with Gasteiger partial charge in [0, 0.05) is 19.8 Å². The third-order valence-corrected chi connectivity index (χ3v) is 4.17. The third kappa shape index (κ3) is 6.95. The number of ether oxygens (including phenoxy) is 1. The van der Waals surface area contributed by atoms with Crippen LogP contribution in [-0.2, 0) is 18.0 Å². The summed E-state index contributed by atoms with van der Waals surface area (Å²) in [5.74, 6) is 0. The Bertz CT molecular complexity index is 237. The molecule has 0 radical (unpaired) electrons. The molecule has 0 heterocycles. The number of rotatable bonds is 7. The van der Waals surface area contributed by atoms with Gasteiger partial charge in [0.1, 0.15) is 5.60 Å². The van der Waals surface area contributed by atoms with Gasteiger partial charge in [-0.15, -0.1) is 0 Å². The van der Waals surface area contributed by atoms with Gasteiger partial charge in [-0.3, -0.25) is 4.98 Å². The van der Waals surface area contributed by atoms with Crippen LogP contribution in [0.5, 0.6) is 0 Å². The van der Waals surface area contributed by atoms with Crippen molar-refractivity contribution in [1.29, 1.82) is 0 Å². The Balaban J connectivity index is 4.69. The van der Waals surface area contributed by atoms with E-state index in [4.69, 9.17) is 18.0 Å². The molecular formula is C11H25NO5Si. The van der Waals surface area contributed by atoms with Gasteiger partial charge in [0.2, 0.25) is 0 Å². The molecule has 0 aliphatic carbocycles. The monoisotopic (exact) mass is 279 g/mol. The summed E-state index contributed by atoms with van der Waals surface area (Å²) in [6.07, 6.45) is -0.593. The highest BCUT2D eigenvalue weighted by Gasteiger charge is 2.45. The van der Waals surface area contributed by atoms with E-state index in [0.717, 1.165) is 0 Å². The summed E-state index contributed by atoms with van der Waals surface area (Å²) in [6, 6.07) is 0. The van der Waals surface area contributed by atoms with E-state index in [1.165, 1.54) is 0 Å². The van der Waals surface area contributed by atoms with Crippen LogP contribution < -0.4 is 4.98 Å². The zero-order valence-corrected chi connectivity index (χ0v) is 13.2. The maximum Gasteiger partial charge on any atom is 0.636 e. The highest BCUT2D eigenvalue weighted by Crippen LogP contribution is 2.10. The van der Waals surface area contributed by atoms with Crippen molar-refractivity contribution in [3.05, 3.63) is 0 Å². The third-order valence-electron chi connectivity index (χ3n) is 1.66. The van der Waals surface area contributed by atoms with Crippen molar-refractivity contribution in [2.45, 2.75) is 47.1 Å². The number of amides is 1. The normalized spacial score (nSPS) is 12.3. The van der Waals surface area contributed by atoms with E-state index in [1.54, 1.807) is 20.8 Å². The molecule has 0 saturated carbocycles. The van der Waals surface area contributed by atoms with Crippen LogP contribution in [0.4, 0.5) is 4.79 Å². The average Bonchev–Trinajstić information content (AvgIpc) is 2.15. The molecule has 0 unspecified atom stereocenters. The quantitative estimate of drug-likeness (QED) is 0.723. The minimum Gasteiger partial charge on any atom is -0.444 e. The van der Waals surface area contributed by atoms with Crippen LogP contribution in [0.3, 0.4) is 0 Å². The average molecular weight is 279 g/mol. The first-order valence-electron chi connectivity index (χ1n) is 6.21. The van der Waals surface area contributed by atoms with E-state index >= 15 is 0 Å². The largest absolute Gasteiger partial charge is 0.636 e. The zero-order valence-electron chi connectivity index (χ0n) is 12.2. The molecule has 0 fully saturated rings. The SMILES string of the molecule is CCO[Si](NC(=O)OC(C)(C)C)(OCC)OCC. The Hall–Kier alpha value is -0.633. The zero-order chi connectivity index (χ0) is 14.2. The molecule has 1 N–H and O–H groups in total. The van der Waals surface area contributed by atoms with E-state index in [1.807, 2.05) is 20.8 Å². The number of carbonyl (C=O) groups excluding carboxylic acids is 1. The first kappa shape index (κ1) is 17.4. The van der Waals surface area contributed by atoms with Crippen molar-refractivity contribution in [2.75, 3.05) is 19.8 Å². The lowest BCUT2D eigenvalue weighted by atomic mass is 10.2. The first-order chi connectivity index (χ1) is 8.28. The Labute approximate surface area is 110 Å². The Morgan fingerprint density at radius 2 is 1.39 bits per heavy atom. The highest BCUT2D eigenvalue weighted by atomic mass is 28.4. The molecule has 0 saturated heterocycles. The molecule has 0 atom stereocenters. The number of hydrogen-bond donors (Lipinski definition) is 1. The van der Waals surface area contributed by atoms with Gasteiger partial charge in [-0.25, -0.2) is 4.79 Å². The van der Waals surface area contributed by atoms with Gasteiger partial charge >= 0.3 is 15.1 Å². The summed E-state index contributed by atoms with van der Waals surface area (Å²) in [7, 11) is -3.18. The molecule has 108 valence electrons. The molecule has 1 amide bonds. The Morgan fingerprint density at radius 1 is 1.00 bits per heavy atom. The summed E-state index contributed by atoms with van der Waals surface area (Å²) in [4.78, 5) is 14.4. The fourth-order valence-electron chi connectivity index (χ4n) is 1.23. The summed E-state index contributed by atoms with van der Waals surface area (Å²) >= 11 is 0. The maximum atomic E-state index is 11.8.